The fraction of sp³-hybridized carbons (Fsp3) is 1.00. The second kappa shape index (κ2) is 3.86. The van der Waals surface area contributed by atoms with E-state index in [0.29, 0.717) is 0 Å². The third-order valence-corrected chi connectivity index (χ3v) is 2.06. The van der Waals surface area contributed by atoms with Gasteiger partial charge in [0.05, 0.1) is 13.3 Å². The highest BCUT2D eigenvalue weighted by Gasteiger charge is 2.23. The first-order chi connectivity index (χ1) is 4.88. The Balaban J connectivity index is 2.29. The molecule has 3 heteroatoms. The molecule has 1 unspecified atom stereocenters. The molecule has 0 aliphatic carbocycles. The van der Waals surface area contributed by atoms with E-state index in [4.69, 9.17) is 0 Å². The number of hydrogen-bond acceptors (Lipinski definition) is 1. The molecule has 0 amide bonds. The molecule has 1 rings (SSSR count). The van der Waals surface area contributed by atoms with Gasteiger partial charge in [0.15, 0.2) is 0 Å². The lowest BCUT2D eigenvalue weighted by atomic mass is 10.0. The molecule has 0 aromatic rings. The largest absolute Gasteiger partial charge is 0.314 e. The number of alkyl halides is 2. The normalized spacial score (nSPS) is 26.1. The van der Waals surface area contributed by atoms with Crippen molar-refractivity contribution in [3.05, 3.63) is 0 Å². The van der Waals surface area contributed by atoms with Gasteiger partial charge >= 0.3 is 0 Å². The summed E-state index contributed by atoms with van der Waals surface area (Å²) in [6, 6.07) is 0.0926. The highest BCUT2D eigenvalue weighted by Crippen LogP contribution is 2.15. The summed E-state index contributed by atoms with van der Waals surface area (Å²) in [5.74, 6) is -0.400. The zero-order valence-corrected chi connectivity index (χ0v) is 5.95. The molecule has 1 N–H and O–H groups in total. The average molecular weight is 149 g/mol. The van der Waals surface area contributed by atoms with Gasteiger partial charge < -0.3 is 5.32 Å². The van der Waals surface area contributed by atoms with Crippen molar-refractivity contribution in [2.45, 2.75) is 18.9 Å². The molecule has 1 nitrogen and oxygen atoms in total. The lowest BCUT2D eigenvalue weighted by molar-refractivity contribution is 0.240. The van der Waals surface area contributed by atoms with Crippen molar-refractivity contribution in [2.24, 2.45) is 5.92 Å². The Morgan fingerprint density at radius 1 is 1.40 bits per heavy atom. The molecule has 0 saturated carbocycles. The van der Waals surface area contributed by atoms with E-state index in [-0.39, 0.29) is 6.04 Å². The zero-order valence-electron chi connectivity index (χ0n) is 5.95. The zero-order chi connectivity index (χ0) is 7.40. The van der Waals surface area contributed by atoms with Gasteiger partial charge in [-0.05, 0) is 19.4 Å². The summed E-state index contributed by atoms with van der Waals surface area (Å²) in [4.78, 5) is 0. The molecule has 0 aromatic heterocycles. The minimum Gasteiger partial charge on any atom is -0.314 e. The van der Waals surface area contributed by atoms with Gasteiger partial charge in [0.25, 0.3) is 0 Å². The van der Waals surface area contributed by atoms with Crippen molar-refractivity contribution < 1.29 is 8.78 Å². The molecule has 10 heavy (non-hydrogen) atoms. The van der Waals surface area contributed by atoms with Crippen LogP contribution in [-0.4, -0.2) is 25.9 Å². The standard InChI is InChI=1S/C7H13F2N/c8-4-6(5-9)7-2-1-3-10-7/h6-7,10H,1-5H2. The van der Waals surface area contributed by atoms with Crippen LogP contribution in [0.3, 0.4) is 0 Å². The maximum absolute atomic E-state index is 12.0. The Bertz CT molecular complexity index is 87.6. The topological polar surface area (TPSA) is 12.0 Å². The molecule has 60 valence electrons. The number of hydrogen-bond donors (Lipinski definition) is 1. The lowest BCUT2D eigenvalue weighted by Gasteiger charge is -2.16. The van der Waals surface area contributed by atoms with E-state index in [0.717, 1.165) is 19.4 Å². The molecular formula is C7H13F2N. The minimum absolute atomic E-state index is 0.0926. The number of nitrogens with one attached hydrogen (secondary N) is 1. The van der Waals surface area contributed by atoms with Gasteiger partial charge in [-0.3, -0.25) is 8.78 Å². The van der Waals surface area contributed by atoms with Crippen LogP contribution in [0, 0.1) is 5.92 Å². The summed E-state index contributed by atoms with van der Waals surface area (Å²) in [6.07, 6.45) is 1.99. The highest BCUT2D eigenvalue weighted by atomic mass is 19.1. The minimum atomic E-state index is -0.534. The van der Waals surface area contributed by atoms with Gasteiger partial charge in [-0.15, -0.1) is 0 Å². The van der Waals surface area contributed by atoms with Gasteiger partial charge in [-0.25, -0.2) is 0 Å². The third-order valence-electron chi connectivity index (χ3n) is 2.06. The predicted octanol–water partition coefficient (Wildman–Crippen LogP) is 1.29. The van der Waals surface area contributed by atoms with Crippen LogP contribution in [0.25, 0.3) is 0 Å². The van der Waals surface area contributed by atoms with E-state index in [2.05, 4.69) is 5.32 Å². The fourth-order valence-electron chi connectivity index (χ4n) is 1.37. The Morgan fingerprint density at radius 3 is 2.50 bits per heavy atom. The van der Waals surface area contributed by atoms with E-state index < -0.39 is 19.3 Å². The summed E-state index contributed by atoms with van der Waals surface area (Å²) in [5, 5.41) is 3.08. The molecular weight excluding hydrogens is 136 g/mol. The van der Waals surface area contributed by atoms with Crippen molar-refractivity contribution in [3.8, 4) is 0 Å². The van der Waals surface area contributed by atoms with Crippen LogP contribution in [-0.2, 0) is 0 Å². The summed E-state index contributed by atoms with van der Waals surface area (Å²) >= 11 is 0. The summed E-state index contributed by atoms with van der Waals surface area (Å²) < 4.78 is 24.1. The Hall–Kier alpha value is -0.180. The van der Waals surface area contributed by atoms with Crippen LogP contribution < -0.4 is 5.32 Å². The average Bonchev–Trinajstić information content (AvgIpc) is 2.43. The van der Waals surface area contributed by atoms with Crippen LogP contribution in [0.5, 0.6) is 0 Å². The SMILES string of the molecule is FCC(CF)C1CCCN1. The van der Waals surface area contributed by atoms with Gasteiger partial charge in [0.2, 0.25) is 0 Å². The Labute approximate surface area is 59.8 Å². The first-order valence-corrected chi connectivity index (χ1v) is 3.73. The second-order valence-electron chi connectivity index (χ2n) is 2.77. The fourth-order valence-corrected chi connectivity index (χ4v) is 1.37. The first kappa shape index (κ1) is 7.92. The van der Waals surface area contributed by atoms with Crippen LogP contribution >= 0.6 is 0 Å². The van der Waals surface area contributed by atoms with Gasteiger partial charge in [-0.1, -0.05) is 0 Å². The molecule has 1 aliphatic rings. The van der Waals surface area contributed by atoms with Crippen LogP contribution in [0.15, 0.2) is 0 Å². The molecule has 0 spiro atoms. The van der Waals surface area contributed by atoms with Crippen LogP contribution in [0.2, 0.25) is 0 Å². The van der Waals surface area contributed by atoms with Gasteiger partial charge in [0.1, 0.15) is 0 Å². The molecule has 0 bridgehead atoms. The summed E-state index contributed by atoms with van der Waals surface area (Å²) in [6.45, 7) is -0.149. The van der Waals surface area contributed by atoms with Crippen LogP contribution in [0.1, 0.15) is 12.8 Å². The van der Waals surface area contributed by atoms with E-state index in [1.165, 1.54) is 0 Å². The summed E-state index contributed by atoms with van der Waals surface area (Å²) in [7, 11) is 0. The van der Waals surface area contributed by atoms with E-state index in [1.54, 1.807) is 0 Å². The Kier molecular flexibility index (Phi) is 3.06. The number of rotatable bonds is 3. The van der Waals surface area contributed by atoms with Crippen molar-refractivity contribution in [2.75, 3.05) is 19.9 Å². The van der Waals surface area contributed by atoms with Gasteiger partial charge in [0, 0.05) is 12.0 Å². The van der Waals surface area contributed by atoms with Crippen molar-refractivity contribution in [3.63, 3.8) is 0 Å². The monoisotopic (exact) mass is 149 g/mol. The number of halogens is 2. The first-order valence-electron chi connectivity index (χ1n) is 3.73. The molecule has 1 fully saturated rings. The molecule has 1 heterocycles. The Morgan fingerprint density at radius 2 is 2.10 bits per heavy atom. The molecule has 1 atom stereocenters. The lowest BCUT2D eigenvalue weighted by Crippen LogP contribution is -2.32. The smallest absolute Gasteiger partial charge is 0.0962 e. The maximum atomic E-state index is 12.0. The van der Waals surface area contributed by atoms with Crippen molar-refractivity contribution in [1.29, 1.82) is 0 Å². The van der Waals surface area contributed by atoms with E-state index >= 15 is 0 Å². The predicted molar refractivity (Wildman–Crippen MR) is 36.5 cm³/mol. The molecule has 0 aromatic carbocycles. The van der Waals surface area contributed by atoms with Crippen molar-refractivity contribution >= 4 is 0 Å². The van der Waals surface area contributed by atoms with E-state index in [9.17, 15) is 8.78 Å². The maximum Gasteiger partial charge on any atom is 0.0962 e. The highest BCUT2D eigenvalue weighted by molar-refractivity contribution is 4.80. The van der Waals surface area contributed by atoms with Crippen molar-refractivity contribution in [1.82, 2.24) is 5.32 Å². The second-order valence-corrected chi connectivity index (χ2v) is 2.77. The summed E-state index contributed by atoms with van der Waals surface area (Å²) in [5.41, 5.74) is 0. The van der Waals surface area contributed by atoms with Gasteiger partial charge in [-0.2, -0.15) is 0 Å². The molecule has 1 aliphatic heterocycles. The quantitative estimate of drug-likeness (QED) is 0.637. The van der Waals surface area contributed by atoms with Crippen LogP contribution in [0.4, 0.5) is 8.78 Å². The third kappa shape index (κ3) is 1.66. The molecule has 0 radical (unpaired) electrons. The van der Waals surface area contributed by atoms with E-state index in [1.807, 2.05) is 0 Å². The molecule has 1 saturated heterocycles.